The van der Waals surface area contributed by atoms with Gasteiger partial charge in [-0.3, -0.25) is 0 Å². The van der Waals surface area contributed by atoms with Crippen molar-refractivity contribution in [3.8, 4) is 0 Å². The van der Waals surface area contributed by atoms with Crippen molar-refractivity contribution in [2.24, 2.45) is 0 Å². The number of halogens is 2. The smallest absolute Gasteiger partial charge is 0.294 e. The molecule has 7 heteroatoms. The Hall–Kier alpha value is -0.340. The molecular formula is C6H10F2O5. The molecular weight excluding hydrogens is 190 g/mol. The van der Waals surface area contributed by atoms with Gasteiger partial charge in [-0.25, -0.2) is 8.78 Å². The van der Waals surface area contributed by atoms with Crippen molar-refractivity contribution >= 4 is 0 Å². The maximum Gasteiger partial charge on any atom is 0.294 e. The number of alkyl halides is 2. The van der Waals surface area contributed by atoms with Crippen LogP contribution in [0.1, 0.15) is 0 Å². The molecule has 5 nitrogen and oxygen atoms in total. The first-order chi connectivity index (χ1) is 5.93. The molecule has 0 saturated carbocycles. The van der Waals surface area contributed by atoms with Crippen LogP contribution in [0, 0.1) is 0 Å². The summed E-state index contributed by atoms with van der Waals surface area (Å²) in [5.74, 6) is -3.09. The van der Waals surface area contributed by atoms with E-state index in [1.165, 1.54) is 0 Å². The van der Waals surface area contributed by atoms with Gasteiger partial charge < -0.3 is 25.2 Å². The molecule has 0 amide bonds. The Labute approximate surface area is 72.2 Å². The quantitative estimate of drug-likeness (QED) is 0.416. The van der Waals surface area contributed by atoms with Gasteiger partial charge in [0.15, 0.2) is 0 Å². The molecule has 78 valence electrons. The predicted molar refractivity (Wildman–Crippen MR) is 34.9 cm³/mol. The summed E-state index contributed by atoms with van der Waals surface area (Å²) in [5.41, 5.74) is 0. The topological polar surface area (TPSA) is 90.2 Å². The molecule has 0 bridgehead atoms. The summed E-state index contributed by atoms with van der Waals surface area (Å²) >= 11 is 0. The van der Waals surface area contributed by atoms with Gasteiger partial charge in [-0.05, 0) is 0 Å². The second-order valence-electron chi connectivity index (χ2n) is 2.83. The van der Waals surface area contributed by atoms with Crippen LogP contribution in [0.15, 0.2) is 0 Å². The SMILES string of the molecule is OC[C@H]1O[C@@](O)(C(F)F)[C@@H](O)[C@@H]1O. The van der Waals surface area contributed by atoms with Crippen molar-refractivity contribution < 1.29 is 33.9 Å². The maximum absolute atomic E-state index is 12.1. The maximum atomic E-state index is 12.1. The summed E-state index contributed by atoms with van der Waals surface area (Å²) < 4.78 is 28.5. The summed E-state index contributed by atoms with van der Waals surface area (Å²) in [6, 6.07) is 0. The Morgan fingerprint density at radius 3 is 2.15 bits per heavy atom. The standard InChI is InChI=1S/C6H10F2O5/c7-5(8)6(12)4(11)3(10)2(1-9)13-6/h2-5,9-12H,1H2/t2-,3-,4+,6-/m1/s1. The predicted octanol–water partition coefficient (Wildman–Crippen LogP) is -1.95. The largest absolute Gasteiger partial charge is 0.394 e. The van der Waals surface area contributed by atoms with Crippen molar-refractivity contribution in [1.82, 2.24) is 0 Å². The molecule has 1 heterocycles. The van der Waals surface area contributed by atoms with E-state index in [0.717, 1.165) is 0 Å². The van der Waals surface area contributed by atoms with Gasteiger partial charge in [-0.2, -0.15) is 0 Å². The summed E-state index contributed by atoms with van der Waals surface area (Å²) in [4.78, 5) is 0. The van der Waals surface area contributed by atoms with Crippen LogP contribution < -0.4 is 0 Å². The van der Waals surface area contributed by atoms with Crippen molar-refractivity contribution in [1.29, 1.82) is 0 Å². The Bertz CT molecular complexity index is 190. The molecule has 0 aromatic carbocycles. The van der Waals surface area contributed by atoms with Gasteiger partial charge in [-0.1, -0.05) is 0 Å². The first kappa shape index (κ1) is 10.7. The zero-order valence-electron chi connectivity index (χ0n) is 6.47. The highest BCUT2D eigenvalue weighted by Gasteiger charge is 2.58. The number of ether oxygens (including phenoxy) is 1. The van der Waals surface area contributed by atoms with Crippen molar-refractivity contribution in [3.05, 3.63) is 0 Å². The molecule has 1 aliphatic heterocycles. The van der Waals surface area contributed by atoms with E-state index in [1.54, 1.807) is 0 Å². The minimum Gasteiger partial charge on any atom is -0.394 e. The summed E-state index contributed by atoms with van der Waals surface area (Å²) in [7, 11) is 0. The molecule has 1 rings (SSSR count). The lowest BCUT2D eigenvalue weighted by atomic mass is 10.1. The van der Waals surface area contributed by atoms with Crippen LogP contribution in [0.5, 0.6) is 0 Å². The van der Waals surface area contributed by atoms with E-state index in [0.29, 0.717) is 0 Å². The molecule has 4 N–H and O–H groups in total. The molecule has 0 aliphatic carbocycles. The van der Waals surface area contributed by atoms with Crippen LogP contribution >= 0.6 is 0 Å². The minimum absolute atomic E-state index is 0.757. The lowest BCUT2D eigenvalue weighted by Crippen LogP contribution is -2.48. The van der Waals surface area contributed by atoms with Crippen molar-refractivity contribution in [2.75, 3.05) is 6.61 Å². The van der Waals surface area contributed by atoms with Crippen molar-refractivity contribution in [3.63, 3.8) is 0 Å². The van der Waals surface area contributed by atoms with Crippen LogP contribution in [0.4, 0.5) is 8.78 Å². The number of hydrogen-bond acceptors (Lipinski definition) is 5. The second-order valence-corrected chi connectivity index (χ2v) is 2.83. The Kier molecular flexibility index (Phi) is 2.83. The fourth-order valence-corrected chi connectivity index (χ4v) is 1.16. The summed E-state index contributed by atoms with van der Waals surface area (Å²) in [6.45, 7) is -0.757. The highest BCUT2D eigenvalue weighted by Crippen LogP contribution is 2.33. The van der Waals surface area contributed by atoms with E-state index < -0.39 is 37.1 Å². The van der Waals surface area contributed by atoms with E-state index in [2.05, 4.69) is 4.74 Å². The number of hydrogen-bond donors (Lipinski definition) is 4. The third kappa shape index (κ3) is 1.53. The van der Waals surface area contributed by atoms with Crippen molar-refractivity contribution in [2.45, 2.75) is 30.5 Å². The zero-order chi connectivity index (χ0) is 10.2. The Morgan fingerprint density at radius 2 is 1.92 bits per heavy atom. The average Bonchev–Trinajstić information content (AvgIpc) is 2.31. The van der Waals surface area contributed by atoms with E-state index >= 15 is 0 Å². The molecule has 0 aromatic rings. The molecule has 0 radical (unpaired) electrons. The monoisotopic (exact) mass is 200 g/mol. The molecule has 0 unspecified atom stereocenters. The zero-order valence-corrected chi connectivity index (χ0v) is 6.47. The second kappa shape index (κ2) is 3.43. The molecule has 1 aliphatic rings. The average molecular weight is 200 g/mol. The molecule has 0 spiro atoms. The molecule has 13 heavy (non-hydrogen) atoms. The fourth-order valence-electron chi connectivity index (χ4n) is 1.16. The van der Waals surface area contributed by atoms with Gasteiger partial charge in [0, 0.05) is 0 Å². The number of aliphatic hydroxyl groups excluding tert-OH is 3. The highest BCUT2D eigenvalue weighted by molar-refractivity contribution is 4.96. The van der Waals surface area contributed by atoms with Crippen LogP contribution in [0.2, 0.25) is 0 Å². The third-order valence-electron chi connectivity index (χ3n) is 1.96. The van der Waals surface area contributed by atoms with Crippen LogP contribution in [-0.4, -0.2) is 57.6 Å². The first-order valence-electron chi connectivity index (χ1n) is 3.58. The van der Waals surface area contributed by atoms with Gasteiger partial charge in [0.2, 0.25) is 0 Å². The van der Waals surface area contributed by atoms with Gasteiger partial charge in [0.05, 0.1) is 6.61 Å². The molecule has 0 aromatic heterocycles. The van der Waals surface area contributed by atoms with Crippen LogP contribution in [0.3, 0.4) is 0 Å². The van der Waals surface area contributed by atoms with E-state index in [-0.39, 0.29) is 0 Å². The van der Waals surface area contributed by atoms with Crippen LogP contribution in [-0.2, 0) is 4.74 Å². The van der Waals surface area contributed by atoms with E-state index in [9.17, 15) is 8.78 Å². The Balaban J connectivity index is 2.81. The Morgan fingerprint density at radius 1 is 1.38 bits per heavy atom. The van der Waals surface area contributed by atoms with Gasteiger partial charge >= 0.3 is 0 Å². The van der Waals surface area contributed by atoms with Gasteiger partial charge in [-0.15, -0.1) is 0 Å². The summed E-state index contributed by atoms with van der Waals surface area (Å²) in [6.07, 6.45) is -8.59. The molecule has 1 saturated heterocycles. The lowest BCUT2D eigenvalue weighted by Gasteiger charge is -2.24. The lowest BCUT2D eigenvalue weighted by molar-refractivity contribution is -0.289. The third-order valence-corrected chi connectivity index (χ3v) is 1.96. The number of rotatable bonds is 2. The molecule has 4 atom stereocenters. The first-order valence-corrected chi connectivity index (χ1v) is 3.58. The fraction of sp³-hybridized carbons (Fsp3) is 1.00. The summed E-state index contributed by atoms with van der Waals surface area (Å²) in [5, 5.41) is 35.5. The molecule has 1 fully saturated rings. The van der Waals surface area contributed by atoms with E-state index in [1.807, 2.05) is 0 Å². The van der Waals surface area contributed by atoms with Crippen LogP contribution in [0.25, 0.3) is 0 Å². The normalized spacial score (nSPS) is 45.9. The highest BCUT2D eigenvalue weighted by atomic mass is 19.3. The van der Waals surface area contributed by atoms with Gasteiger partial charge in [0.25, 0.3) is 12.2 Å². The number of aliphatic hydroxyl groups is 4. The van der Waals surface area contributed by atoms with E-state index in [4.69, 9.17) is 20.4 Å². The van der Waals surface area contributed by atoms with Gasteiger partial charge in [0.1, 0.15) is 18.3 Å². The minimum atomic E-state index is -3.35.